The van der Waals surface area contributed by atoms with Crippen LogP contribution in [0.25, 0.3) is 0 Å². The quantitative estimate of drug-likeness (QED) is 0.410. The summed E-state index contributed by atoms with van der Waals surface area (Å²) in [6, 6.07) is 7.15. The molecule has 186 valence electrons. The van der Waals surface area contributed by atoms with Gasteiger partial charge in [-0.3, -0.25) is 9.59 Å². The Morgan fingerprint density at radius 1 is 1.06 bits per heavy atom. The number of allylic oxidation sites excluding steroid dienone is 1. The van der Waals surface area contributed by atoms with Gasteiger partial charge in [0.25, 0.3) is 5.91 Å². The van der Waals surface area contributed by atoms with Gasteiger partial charge in [-0.15, -0.1) is 11.8 Å². The molecule has 35 heavy (non-hydrogen) atoms. The van der Waals surface area contributed by atoms with Crippen LogP contribution in [-0.2, 0) is 22.2 Å². The molecular weight excluding hydrogens is 485 g/mol. The van der Waals surface area contributed by atoms with Crippen molar-refractivity contribution >= 4 is 29.5 Å². The molecule has 11 heteroatoms. The van der Waals surface area contributed by atoms with Gasteiger partial charge in [-0.05, 0) is 54.1 Å². The lowest BCUT2D eigenvalue weighted by Gasteiger charge is -2.23. The third kappa shape index (κ3) is 7.51. The number of carbonyl (C=O) groups excluding carboxylic acids is 2. The highest BCUT2D eigenvalue weighted by Gasteiger charge is 2.32. The summed E-state index contributed by atoms with van der Waals surface area (Å²) in [4.78, 5) is 37.6. The van der Waals surface area contributed by atoms with Crippen molar-refractivity contribution in [1.82, 2.24) is 10.6 Å². The lowest BCUT2D eigenvalue weighted by Crippen LogP contribution is -2.53. The van der Waals surface area contributed by atoms with E-state index in [2.05, 4.69) is 10.6 Å². The molecule has 3 rings (SSSR count). The molecule has 1 heterocycles. The Kier molecular flexibility index (Phi) is 8.44. The monoisotopic (exact) mass is 508 g/mol. The largest absolute Gasteiger partial charge is 0.508 e. The molecule has 1 unspecified atom stereocenters. The van der Waals surface area contributed by atoms with E-state index in [-0.39, 0.29) is 29.4 Å². The topological polar surface area (TPSA) is 116 Å². The number of aliphatic carboxylic acids is 1. The minimum absolute atomic E-state index is 0.00435. The average molecular weight is 509 g/mol. The summed E-state index contributed by atoms with van der Waals surface area (Å²) in [5.74, 6) is -2.93. The lowest BCUT2D eigenvalue weighted by molar-refractivity contribution is -0.142. The third-order valence-corrected chi connectivity index (χ3v) is 6.45. The first kappa shape index (κ1) is 26.1. The van der Waals surface area contributed by atoms with Crippen molar-refractivity contribution in [1.29, 1.82) is 0 Å². The molecule has 1 aliphatic heterocycles. The zero-order chi connectivity index (χ0) is 25.6. The molecule has 2 aromatic rings. The molecule has 0 saturated carbocycles. The second-order valence-electron chi connectivity index (χ2n) is 7.98. The zero-order valence-corrected chi connectivity index (χ0v) is 19.1. The molecule has 2 aromatic carbocycles. The maximum atomic E-state index is 13.0. The number of phenolic OH excluding ortho intramolecular Hbond substituents is 1. The van der Waals surface area contributed by atoms with Crippen molar-refractivity contribution in [3.63, 3.8) is 0 Å². The Hall–Kier alpha value is -3.47. The minimum Gasteiger partial charge on any atom is -0.508 e. The van der Waals surface area contributed by atoms with Gasteiger partial charge in [-0.1, -0.05) is 24.3 Å². The highest BCUT2D eigenvalue weighted by molar-refractivity contribution is 8.03. The Morgan fingerprint density at radius 2 is 1.77 bits per heavy atom. The van der Waals surface area contributed by atoms with Crippen molar-refractivity contribution < 1.29 is 37.8 Å². The number of aromatic hydroxyl groups is 1. The molecular formula is C24H23F3N2O5S. The number of thioether (sulfide) groups is 1. The molecule has 0 radical (unpaired) electrons. The van der Waals surface area contributed by atoms with Gasteiger partial charge in [-0.25, -0.2) is 4.79 Å². The van der Waals surface area contributed by atoms with Gasteiger partial charge in [0, 0.05) is 17.2 Å². The SMILES string of the molecule is O=C(N[C@@H](CC1CC=CS1)C(=O)N[C@@H](Cc1ccc(O)cc1)C(=O)O)c1cccc(C(F)(F)F)c1. The van der Waals surface area contributed by atoms with Crippen LogP contribution in [0.5, 0.6) is 5.75 Å². The van der Waals surface area contributed by atoms with Gasteiger partial charge in [0.1, 0.15) is 17.8 Å². The standard InChI is InChI=1S/C24H23F3N2O5S/c25-24(26,27)16-4-1-3-15(12-16)21(31)28-19(13-18-5-2-10-35-18)22(32)29-20(23(33)34)11-14-6-8-17(30)9-7-14/h1-4,6-10,12,18-20,30H,5,11,13H2,(H,28,31)(H,29,32)(H,33,34)/t18?,19-,20-/m0/s1. The van der Waals surface area contributed by atoms with E-state index in [1.54, 1.807) is 0 Å². The molecule has 0 spiro atoms. The molecule has 0 saturated heterocycles. The second kappa shape index (κ2) is 11.3. The van der Waals surface area contributed by atoms with Crippen molar-refractivity contribution in [2.24, 2.45) is 0 Å². The fraction of sp³-hybridized carbons (Fsp3) is 0.292. The third-order valence-electron chi connectivity index (χ3n) is 5.33. The predicted molar refractivity (Wildman–Crippen MR) is 124 cm³/mol. The number of carboxylic acid groups (broad SMARTS) is 1. The van der Waals surface area contributed by atoms with Crippen LogP contribution < -0.4 is 10.6 Å². The Morgan fingerprint density at radius 3 is 2.37 bits per heavy atom. The number of phenols is 1. The maximum absolute atomic E-state index is 13.0. The zero-order valence-electron chi connectivity index (χ0n) is 18.3. The Labute approximate surface area is 203 Å². The summed E-state index contributed by atoms with van der Waals surface area (Å²) in [5, 5.41) is 25.7. The average Bonchev–Trinajstić information content (AvgIpc) is 3.32. The van der Waals surface area contributed by atoms with Crippen LogP contribution in [0, 0.1) is 0 Å². The van der Waals surface area contributed by atoms with Gasteiger partial charge in [0.05, 0.1) is 5.56 Å². The second-order valence-corrected chi connectivity index (χ2v) is 9.19. The first-order chi connectivity index (χ1) is 16.5. The number of benzene rings is 2. The number of hydrogen-bond acceptors (Lipinski definition) is 5. The van der Waals surface area contributed by atoms with Gasteiger partial charge < -0.3 is 20.8 Å². The Balaban J connectivity index is 1.76. The Bertz CT molecular complexity index is 1100. The highest BCUT2D eigenvalue weighted by atomic mass is 32.2. The number of nitrogens with one attached hydrogen (secondary N) is 2. The minimum atomic E-state index is -4.64. The number of halogens is 3. The fourth-order valence-corrected chi connectivity index (χ4v) is 4.46. The van der Waals surface area contributed by atoms with E-state index >= 15 is 0 Å². The summed E-state index contributed by atoms with van der Waals surface area (Å²) in [6.07, 6.45) is -2.04. The number of amides is 2. The summed E-state index contributed by atoms with van der Waals surface area (Å²) in [6.45, 7) is 0. The molecule has 2 amide bonds. The number of alkyl halides is 3. The first-order valence-corrected chi connectivity index (χ1v) is 11.6. The van der Waals surface area contributed by atoms with Crippen LogP contribution in [0.4, 0.5) is 13.2 Å². The number of rotatable bonds is 9. The van der Waals surface area contributed by atoms with Crippen LogP contribution >= 0.6 is 11.8 Å². The van der Waals surface area contributed by atoms with Gasteiger partial charge in [0.15, 0.2) is 0 Å². The van der Waals surface area contributed by atoms with Crippen molar-refractivity contribution in [3.05, 3.63) is 76.7 Å². The lowest BCUT2D eigenvalue weighted by atomic mass is 10.0. The van der Waals surface area contributed by atoms with Crippen LogP contribution in [0.3, 0.4) is 0 Å². The maximum Gasteiger partial charge on any atom is 0.416 e. The molecule has 0 fully saturated rings. The highest BCUT2D eigenvalue weighted by Crippen LogP contribution is 2.30. The molecule has 0 bridgehead atoms. The number of carbonyl (C=O) groups is 3. The van der Waals surface area contributed by atoms with Crippen LogP contribution in [-0.4, -0.2) is 45.3 Å². The predicted octanol–water partition coefficient (Wildman–Crippen LogP) is 3.73. The summed E-state index contributed by atoms with van der Waals surface area (Å²) in [5.41, 5.74) is -0.717. The smallest absolute Gasteiger partial charge is 0.416 e. The van der Waals surface area contributed by atoms with Gasteiger partial charge in [0.2, 0.25) is 5.91 Å². The van der Waals surface area contributed by atoms with E-state index in [9.17, 15) is 37.8 Å². The fourth-order valence-electron chi connectivity index (χ4n) is 3.49. The van der Waals surface area contributed by atoms with E-state index in [0.29, 0.717) is 18.1 Å². The molecule has 4 N–H and O–H groups in total. The molecule has 7 nitrogen and oxygen atoms in total. The van der Waals surface area contributed by atoms with Crippen LogP contribution in [0.2, 0.25) is 0 Å². The van der Waals surface area contributed by atoms with Gasteiger partial charge >= 0.3 is 12.1 Å². The van der Waals surface area contributed by atoms with Crippen LogP contribution in [0.15, 0.2) is 60.0 Å². The first-order valence-electron chi connectivity index (χ1n) is 10.6. The molecule has 0 aromatic heterocycles. The molecule has 0 aliphatic carbocycles. The van der Waals surface area contributed by atoms with Crippen LogP contribution in [0.1, 0.15) is 34.3 Å². The summed E-state index contributed by atoms with van der Waals surface area (Å²) in [7, 11) is 0. The molecule has 3 atom stereocenters. The summed E-state index contributed by atoms with van der Waals surface area (Å²) < 4.78 is 39.1. The molecule has 1 aliphatic rings. The van der Waals surface area contributed by atoms with E-state index in [1.165, 1.54) is 42.1 Å². The van der Waals surface area contributed by atoms with E-state index < -0.39 is 41.6 Å². The van der Waals surface area contributed by atoms with E-state index in [4.69, 9.17) is 0 Å². The normalized spacial score (nSPS) is 16.9. The number of carboxylic acids is 1. The summed E-state index contributed by atoms with van der Waals surface area (Å²) >= 11 is 1.45. The van der Waals surface area contributed by atoms with Gasteiger partial charge in [-0.2, -0.15) is 13.2 Å². The van der Waals surface area contributed by atoms with Crippen molar-refractivity contribution in [2.75, 3.05) is 0 Å². The number of hydrogen-bond donors (Lipinski definition) is 4. The van der Waals surface area contributed by atoms with E-state index in [0.717, 1.165) is 12.1 Å². The van der Waals surface area contributed by atoms with Crippen molar-refractivity contribution in [3.8, 4) is 5.75 Å². The van der Waals surface area contributed by atoms with Crippen molar-refractivity contribution in [2.45, 2.75) is 42.8 Å². The van der Waals surface area contributed by atoms with E-state index in [1.807, 2.05) is 11.5 Å².